The molecule has 4 unspecified atom stereocenters. The van der Waals surface area contributed by atoms with Crippen LogP contribution in [0.25, 0.3) is 0 Å². The second-order valence-corrected chi connectivity index (χ2v) is 4.21. The third kappa shape index (κ3) is 4.76. The fraction of sp³-hybridized carbons (Fsp3) is 0.857. The molecule has 5 heteroatoms. The van der Waals surface area contributed by atoms with E-state index in [0.29, 0.717) is 33.0 Å². The summed E-state index contributed by atoms with van der Waals surface area (Å²) in [7, 11) is 0. The summed E-state index contributed by atoms with van der Waals surface area (Å²) in [6.45, 7) is 12.3. The Kier molecular flexibility index (Phi) is 8.05. The summed E-state index contributed by atoms with van der Waals surface area (Å²) in [5.41, 5.74) is 0. The zero-order valence-corrected chi connectivity index (χ0v) is 12.2. The fourth-order valence-electron chi connectivity index (χ4n) is 2.25. The Labute approximate surface area is 115 Å². The summed E-state index contributed by atoms with van der Waals surface area (Å²) < 4.78 is 28.2. The first kappa shape index (κ1) is 16.4. The number of ether oxygens (including phenoxy) is 5. The molecule has 112 valence electrons. The van der Waals surface area contributed by atoms with E-state index in [1.165, 1.54) is 6.26 Å². The smallest absolute Gasteiger partial charge is 0.150 e. The highest BCUT2D eigenvalue weighted by molar-refractivity contribution is 4.92. The molecule has 1 aliphatic heterocycles. The molecular weight excluding hydrogens is 248 g/mol. The van der Waals surface area contributed by atoms with Gasteiger partial charge in [-0.3, -0.25) is 0 Å². The maximum atomic E-state index is 5.79. The molecule has 0 aromatic rings. The minimum atomic E-state index is -0.170. The van der Waals surface area contributed by atoms with Gasteiger partial charge in [0, 0.05) is 19.8 Å². The van der Waals surface area contributed by atoms with Crippen LogP contribution in [0.4, 0.5) is 0 Å². The zero-order chi connectivity index (χ0) is 14.1. The van der Waals surface area contributed by atoms with E-state index in [0.717, 1.165) is 0 Å². The Morgan fingerprint density at radius 1 is 1.26 bits per heavy atom. The summed E-state index contributed by atoms with van der Waals surface area (Å²) in [5, 5.41) is 0. The van der Waals surface area contributed by atoms with Gasteiger partial charge in [-0.1, -0.05) is 6.58 Å². The Morgan fingerprint density at radius 3 is 2.63 bits per heavy atom. The standard InChI is InChI=1S/C14H26O5/c1-5-15-9-11(16-6-2)14-13(18-8-4)12(10-19-14)17-7-3/h7,11-14H,3,5-6,8-10H2,1-2,4H3. The van der Waals surface area contributed by atoms with Crippen LogP contribution >= 0.6 is 0 Å². The third-order valence-electron chi connectivity index (χ3n) is 3.01. The van der Waals surface area contributed by atoms with Crippen LogP contribution in [0.3, 0.4) is 0 Å². The molecule has 0 radical (unpaired) electrons. The highest BCUT2D eigenvalue weighted by Crippen LogP contribution is 2.25. The van der Waals surface area contributed by atoms with Gasteiger partial charge in [-0.25, -0.2) is 0 Å². The molecule has 1 heterocycles. The molecule has 1 saturated heterocycles. The molecule has 1 fully saturated rings. The average Bonchev–Trinajstić information content (AvgIpc) is 2.79. The molecule has 0 amide bonds. The lowest BCUT2D eigenvalue weighted by atomic mass is 10.1. The first-order valence-corrected chi connectivity index (χ1v) is 6.97. The molecule has 1 rings (SSSR count). The lowest BCUT2D eigenvalue weighted by Gasteiger charge is -2.28. The highest BCUT2D eigenvalue weighted by Gasteiger charge is 2.44. The van der Waals surface area contributed by atoms with Crippen molar-refractivity contribution in [1.29, 1.82) is 0 Å². The molecule has 1 aliphatic rings. The van der Waals surface area contributed by atoms with Crippen molar-refractivity contribution in [1.82, 2.24) is 0 Å². The number of hydrogen-bond acceptors (Lipinski definition) is 5. The average molecular weight is 274 g/mol. The van der Waals surface area contributed by atoms with Gasteiger partial charge in [-0.15, -0.1) is 0 Å². The van der Waals surface area contributed by atoms with Crippen molar-refractivity contribution in [3.8, 4) is 0 Å². The van der Waals surface area contributed by atoms with Crippen LogP contribution in [0.1, 0.15) is 20.8 Å². The second kappa shape index (κ2) is 9.31. The van der Waals surface area contributed by atoms with Crippen LogP contribution in [0.15, 0.2) is 12.8 Å². The lowest BCUT2D eigenvalue weighted by molar-refractivity contribution is -0.121. The van der Waals surface area contributed by atoms with Gasteiger partial charge in [0.2, 0.25) is 0 Å². The van der Waals surface area contributed by atoms with E-state index in [1.807, 2.05) is 20.8 Å². The molecule has 0 bridgehead atoms. The topological polar surface area (TPSA) is 46.2 Å². The lowest BCUT2D eigenvalue weighted by Crippen LogP contribution is -2.44. The van der Waals surface area contributed by atoms with Crippen LogP contribution in [0.2, 0.25) is 0 Å². The fourth-order valence-corrected chi connectivity index (χ4v) is 2.25. The van der Waals surface area contributed by atoms with E-state index in [1.54, 1.807) is 0 Å². The zero-order valence-electron chi connectivity index (χ0n) is 12.2. The Hall–Kier alpha value is -0.620. The third-order valence-corrected chi connectivity index (χ3v) is 3.01. The van der Waals surface area contributed by atoms with Gasteiger partial charge in [0.15, 0.2) is 0 Å². The van der Waals surface area contributed by atoms with Crippen LogP contribution < -0.4 is 0 Å². The summed E-state index contributed by atoms with van der Waals surface area (Å²) in [6, 6.07) is 0. The monoisotopic (exact) mass is 274 g/mol. The maximum Gasteiger partial charge on any atom is 0.150 e. The maximum absolute atomic E-state index is 5.79. The summed E-state index contributed by atoms with van der Waals surface area (Å²) >= 11 is 0. The van der Waals surface area contributed by atoms with E-state index in [4.69, 9.17) is 23.7 Å². The van der Waals surface area contributed by atoms with Crippen molar-refractivity contribution < 1.29 is 23.7 Å². The Balaban J connectivity index is 2.66. The largest absolute Gasteiger partial charge is 0.493 e. The normalized spacial score (nSPS) is 28.3. The summed E-state index contributed by atoms with van der Waals surface area (Å²) in [6.07, 6.45) is 0.837. The van der Waals surface area contributed by atoms with Gasteiger partial charge in [0.1, 0.15) is 24.4 Å². The van der Waals surface area contributed by atoms with Gasteiger partial charge in [0.25, 0.3) is 0 Å². The molecule has 0 saturated carbocycles. The van der Waals surface area contributed by atoms with Crippen molar-refractivity contribution in [2.24, 2.45) is 0 Å². The van der Waals surface area contributed by atoms with Gasteiger partial charge >= 0.3 is 0 Å². The van der Waals surface area contributed by atoms with Crippen LogP contribution in [-0.2, 0) is 23.7 Å². The molecular formula is C14H26O5. The quantitative estimate of drug-likeness (QED) is 0.568. The highest BCUT2D eigenvalue weighted by atomic mass is 16.6. The molecule has 0 aliphatic carbocycles. The van der Waals surface area contributed by atoms with Gasteiger partial charge < -0.3 is 23.7 Å². The van der Waals surface area contributed by atoms with Crippen LogP contribution in [0.5, 0.6) is 0 Å². The van der Waals surface area contributed by atoms with Crippen molar-refractivity contribution in [3.63, 3.8) is 0 Å². The molecule has 0 aromatic heterocycles. The Morgan fingerprint density at radius 2 is 2.05 bits per heavy atom. The predicted molar refractivity (Wildman–Crippen MR) is 72.1 cm³/mol. The van der Waals surface area contributed by atoms with E-state index in [9.17, 15) is 0 Å². The van der Waals surface area contributed by atoms with Crippen LogP contribution in [-0.4, -0.2) is 57.5 Å². The summed E-state index contributed by atoms with van der Waals surface area (Å²) in [4.78, 5) is 0. The predicted octanol–water partition coefficient (Wildman–Crippen LogP) is 1.76. The first-order chi connectivity index (χ1) is 9.28. The van der Waals surface area contributed by atoms with Crippen molar-refractivity contribution in [3.05, 3.63) is 12.8 Å². The molecule has 4 atom stereocenters. The first-order valence-electron chi connectivity index (χ1n) is 6.97. The van der Waals surface area contributed by atoms with Gasteiger partial charge in [-0.2, -0.15) is 0 Å². The van der Waals surface area contributed by atoms with E-state index < -0.39 is 0 Å². The van der Waals surface area contributed by atoms with Gasteiger partial charge in [0.05, 0.1) is 19.5 Å². The van der Waals surface area contributed by atoms with Crippen molar-refractivity contribution >= 4 is 0 Å². The van der Waals surface area contributed by atoms with Crippen molar-refractivity contribution in [2.75, 3.05) is 33.0 Å². The number of hydrogen-bond donors (Lipinski definition) is 0. The van der Waals surface area contributed by atoms with Gasteiger partial charge in [-0.05, 0) is 20.8 Å². The van der Waals surface area contributed by atoms with Crippen LogP contribution in [0, 0.1) is 0 Å². The molecule has 19 heavy (non-hydrogen) atoms. The second-order valence-electron chi connectivity index (χ2n) is 4.21. The minimum Gasteiger partial charge on any atom is -0.493 e. The van der Waals surface area contributed by atoms with E-state index >= 15 is 0 Å². The molecule has 5 nitrogen and oxygen atoms in total. The van der Waals surface area contributed by atoms with Crippen molar-refractivity contribution in [2.45, 2.75) is 45.2 Å². The molecule has 0 N–H and O–H groups in total. The SMILES string of the molecule is C=COC1COC(C(COCC)OCC)C1OCC. The van der Waals surface area contributed by atoms with E-state index in [2.05, 4.69) is 6.58 Å². The summed E-state index contributed by atoms with van der Waals surface area (Å²) in [5.74, 6) is 0. The Bertz CT molecular complexity index is 246. The van der Waals surface area contributed by atoms with E-state index in [-0.39, 0.29) is 24.4 Å². The molecule has 0 aromatic carbocycles. The minimum absolute atomic E-state index is 0.132. The molecule has 0 spiro atoms. The number of rotatable bonds is 10.